The lowest BCUT2D eigenvalue weighted by Gasteiger charge is -2.61. The summed E-state index contributed by atoms with van der Waals surface area (Å²) in [6.45, 7) is 13.2. The number of benzene rings is 2. The van der Waals surface area contributed by atoms with E-state index in [2.05, 4.69) is 35.9 Å². The van der Waals surface area contributed by atoms with Crippen LogP contribution in [-0.4, -0.2) is 79.1 Å². The lowest BCUT2D eigenvalue weighted by molar-refractivity contribution is -0.108. The Morgan fingerprint density at radius 2 is 1.76 bits per heavy atom. The number of aliphatic imine (C=N–C) groups is 1. The van der Waals surface area contributed by atoms with Gasteiger partial charge in [-0.25, -0.2) is 9.98 Å². The van der Waals surface area contributed by atoms with Crippen molar-refractivity contribution in [2.75, 3.05) is 62.8 Å². The van der Waals surface area contributed by atoms with Crippen LogP contribution in [0, 0.1) is 23.2 Å². The van der Waals surface area contributed by atoms with Crippen molar-refractivity contribution in [2.45, 2.75) is 52.6 Å². The first-order valence-electron chi connectivity index (χ1n) is 16.7. The van der Waals surface area contributed by atoms with Gasteiger partial charge in [-0.2, -0.15) is 0 Å². The minimum atomic E-state index is -0.0666. The van der Waals surface area contributed by atoms with Gasteiger partial charge in [-0.05, 0) is 78.3 Å². The van der Waals surface area contributed by atoms with Crippen molar-refractivity contribution < 1.29 is 9.47 Å². The smallest absolute Gasteiger partial charge is 0.262 e. The fraction of sp³-hybridized carbons (Fsp3) is 0.571. The molecule has 0 unspecified atom stereocenters. The van der Waals surface area contributed by atoms with Crippen molar-refractivity contribution in [3.63, 3.8) is 0 Å². The summed E-state index contributed by atoms with van der Waals surface area (Å²) in [4.78, 5) is 29.0. The summed E-state index contributed by atoms with van der Waals surface area (Å²) in [5, 5.41) is 5.43. The molecule has 0 radical (unpaired) electrons. The zero-order valence-corrected chi connectivity index (χ0v) is 28.5. The second-order valence-corrected chi connectivity index (χ2v) is 14.7. The number of anilines is 2. The van der Waals surface area contributed by atoms with Gasteiger partial charge in [-0.15, -0.1) is 0 Å². The zero-order chi connectivity index (χ0) is 32.0. The monoisotopic (exact) mass is 666 g/mol. The molecule has 5 fully saturated rings. The van der Waals surface area contributed by atoms with E-state index >= 15 is 0 Å². The van der Waals surface area contributed by atoms with E-state index in [0.29, 0.717) is 96.6 Å². The van der Waals surface area contributed by atoms with Gasteiger partial charge in [0.2, 0.25) is 5.95 Å². The summed E-state index contributed by atoms with van der Waals surface area (Å²) in [5.74, 6) is 3.53. The van der Waals surface area contributed by atoms with E-state index in [-0.39, 0.29) is 11.6 Å². The number of guanidine groups is 1. The number of nitrogens with one attached hydrogen (secondary N) is 1. The highest BCUT2D eigenvalue weighted by Crippen LogP contribution is 2.61. The van der Waals surface area contributed by atoms with E-state index < -0.39 is 0 Å². The molecule has 2 saturated heterocycles. The third-order valence-corrected chi connectivity index (χ3v) is 11.6. The number of morpholine rings is 2. The van der Waals surface area contributed by atoms with Gasteiger partial charge in [-0.3, -0.25) is 9.36 Å². The number of hydrogen-bond donors (Lipinski definition) is 1. The van der Waals surface area contributed by atoms with Crippen LogP contribution >= 0.6 is 23.2 Å². The van der Waals surface area contributed by atoms with E-state index in [4.69, 9.17) is 42.7 Å². The summed E-state index contributed by atoms with van der Waals surface area (Å²) in [6, 6.07) is 11.6. The second kappa shape index (κ2) is 13.0. The van der Waals surface area contributed by atoms with Gasteiger partial charge in [0, 0.05) is 48.5 Å². The predicted molar refractivity (Wildman–Crippen MR) is 186 cm³/mol. The number of rotatable bonds is 6. The molecule has 4 atom stereocenters. The Bertz CT molecular complexity index is 1680. The van der Waals surface area contributed by atoms with Crippen LogP contribution in [0.25, 0.3) is 10.9 Å². The molecule has 1 N–H and O–H groups in total. The topological polar surface area (TPSA) is 84.2 Å². The molecule has 11 heteroatoms. The Morgan fingerprint density at radius 3 is 2.46 bits per heavy atom. The Morgan fingerprint density at radius 1 is 1.02 bits per heavy atom. The average Bonchev–Trinajstić information content (AvgIpc) is 3.06. The highest BCUT2D eigenvalue weighted by Gasteiger charge is 2.56. The fourth-order valence-electron chi connectivity index (χ4n) is 8.00. The zero-order valence-electron chi connectivity index (χ0n) is 27.0. The molecule has 9 nitrogen and oxygen atoms in total. The summed E-state index contributed by atoms with van der Waals surface area (Å²) >= 11 is 12.6. The van der Waals surface area contributed by atoms with Gasteiger partial charge < -0.3 is 24.6 Å². The quantitative estimate of drug-likeness (QED) is 0.257. The average molecular weight is 668 g/mol. The van der Waals surface area contributed by atoms with Crippen LogP contribution in [0.2, 0.25) is 10.0 Å². The minimum absolute atomic E-state index is 0.0666. The number of nitrogens with zero attached hydrogens (tertiary/aromatic N) is 5. The third-order valence-electron chi connectivity index (χ3n) is 11.0. The molecule has 1 aromatic heterocycles. The van der Waals surface area contributed by atoms with Gasteiger partial charge in [-0.1, -0.05) is 50.0 Å². The molecule has 3 aromatic rings. The van der Waals surface area contributed by atoms with E-state index in [0.717, 1.165) is 42.6 Å². The van der Waals surface area contributed by atoms with E-state index in [1.807, 2.05) is 30.3 Å². The lowest BCUT2D eigenvalue weighted by atomic mass is 9.45. The number of halogens is 2. The molecule has 3 heterocycles. The van der Waals surface area contributed by atoms with Crippen molar-refractivity contribution >= 4 is 51.7 Å². The van der Waals surface area contributed by atoms with Crippen molar-refractivity contribution in [2.24, 2.45) is 28.2 Å². The summed E-state index contributed by atoms with van der Waals surface area (Å²) < 4.78 is 13.1. The molecule has 2 aliphatic heterocycles. The van der Waals surface area contributed by atoms with Gasteiger partial charge in [0.15, 0.2) is 5.96 Å². The molecule has 5 aliphatic rings. The molecule has 3 saturated carbocycles. The second-order valence-electron chi connectivity index (χ2n) is 13.9. The molecular weight excluding hydrogens is 623 g/mol. The first kappa shape index (κ1) is 31.7. The Kier molecular flexibility index (Phi) is 8.96. The molecule has 46 heavy (non-hydrogen) atoms. The van der Waals surface area contributed by atoms with E-state index in [1.165, 1.54) is 6.42 Å². The van der Waals surface area contributed by atoms with E-state index in [9.17, 15) is 4.79 Å². The SMILES string of the molecule is C[C@@H]1[C@@H](N=C(Nc2ccc3c(=O)n(CCc4ccc(Cl)cc4Cl)c(N4CCOCC4)nc3c2)N2CCOCC2)C[C@@H]2C[C@H]1C2(C)C. The van der Waals surface area contributed by atoms with Crippen LogP contribution in [0.15, 0.2) is 46.2 Å². The Balaban J connectivity index is 1.21. The normalized spacial score (nSPS) is 26.2. The highest BCUT2D eigenvalue weighted by atomic mass is 35.5. The number of ether oxygens (including phenoxy) is 2. The largest absolute Gasteiger partial charge is 0.378 e. The molecule has 0 spiro atoms. The van der Waals surface area contributed by atoms with Crippen LogP contribution in [0.1, 0.15) is 39.2 Å². The summed E-state index contributed by atoms with van der Waals surface area (Å²) in [6.07, 6.45) is 3.04. The molecule has 8 rings (SSSR count). The van der Waals surface area contributed by atoms with Crippen LogP contribution < -0.4 is 15.8 Å². The lowest BCUT2D eigenvalue weighted by Crippen LogP contribution is -2.56. The number of aryl methyl sites for hydroxylation is 1. The van der Waals surface area contributed by atoms with Crippen molar-refractivity contribution in [1.29, 1.82) is 0 Å². The highest BCUT2D eigenvalue weighted by molar-refractivity contribution is 6.35. The Labute approximate surface area is 280 Å². The molecule has 2 aromatic carbocycles. The van der Waals surface area contributed by atoms with Crippen LogP contribution in [0.3, 0.4) is 0 Å². The van der Waals surface area contributed by atoms with Gasteiger partial charge in [0.1, 0.15) is 0 Å². The molecule has 246 valence electrons. The van der Waals surface area contributed by atoms with Crippen LogP contribution in [-0.2, 0) is 22.4 Å². The summed E-state index contributed by atoms with van der Waals surface area (Å²) in [7, 11) is 0. The first-order chi connectivity index (χ1) is 22.2. The van der Waals surface area contributed by atoms with Crippen molar-refractivity contribution in [3.8, 4) is 0 Å². The number of hydrogen-bond acceptors (Lipinski definition) is 6. The van der Waals surface area contributed by atoms with Crippen molar-refractivity contribution in [1.82, 2.24) is 14.5 Å². The maximum absolute atomic E-state index is 14.1. The maximum atomic E-state index is 14.1. The van der Waals surface area contributed by atoms with Crippen LogP contribution in [0.4, 0.5) is 11.6 Å². The number of aromatic nitrogens is 2. The molecule has 3 aliphatic carbocycles. The van der Waals surface area contributed by atoms with Crippen LogP contribution in [0.5, 0.6) is 0 Å². The van der Waals surface area contributed by atoms with Crippen molar-refractivity contribution in [3.05, 3.63) is 62.4 Å². The maximum Gasteiger partial charge on any atom is 0.262 e. The molecule has 2 bridgehead atoms. The summed E-state index contributed by atoms with van der Waals surface area (Å²) in [5.41, 5.74) is 2.82. The van der Waals surface area contributed by atoms with Gasteiger partial charge in [0.25, 0.3) is 5.56 Å². The molecular formula is C35H44Cl2N6O3. The number of fused-ring (bicyclic) bond motifs is 3. The first-order valence-corrected chi connectivity index (χ1v) is 17.4. The fourth-order valence-corrected chi connectivity index (χ4v) is 8.50. The van der Waals surface area contributed by atoms with Gasteiger partial charge in [0.05, 0.1) is 43.4 Å². The van der Waals surface area contributed by atoms with Gasteiger partial charge >= 0.3 is 0 Å². The molecule has 0 amide bonds. The minimum Gasteiger partial charge on any atom is -0.378 e. The standard InChI is InChI=1S/C35H44Cl2N6O3/c1-22-28-18-24(35(28,2)3)19-30(22)39-33(41-10-14-45-15-11-41)38-26-6-7-27-31(21-26)40-34(42-12-16-46-17-13-42)43(32(27)44)9-8-23-4-5-25(36)20-29(23)37/h4-7,20-22,24,28,30H,8-19H2,1-3H3,(H,38,39)/t22-,24-,28+,30-/m0/s1. The van der Waals surface area contributed by atoms with E-state index in [1.54, 1.807) is 10.6 Å². The predicted octanol–water partition coefficient (Wildman–Crippen LogP) is 5.95. The Hall–Kier alpha value is -2.85. The third kappa shape index (κ3) is 6.12.